The number of phenolic OH excluding ortho intramolecular Hbond substituents is 2. The highest BCUT2D eigenvalue weighted by atomic mass is 79.9. The Kier molecular flexibility index (Phi) is 4.29. The second-order valence-electron chi connectivity index (χ2n) is 4.18. The number of benzene rings is 2. The van der Waals surface area contributed by atoms with E-state index in [0.717, 1.165) is 5.56 Å². The lowest BCUT2D eigenvalue weighted by Gasteiger charge is -2.16. The first-order chi connectivity index (χ1) is 9.54. The molecule has 0 saturated heterocycles. The first kappa shape index (κ1) is 14.4. The van der Waals surface area contributed by atoms with E-state index >= 15 is 0 Å². The number of carbonyl (C=O) groups excluding carboxylic acids is 1. The molecule has 104 valence electrons. The molecular formula is C15H13BrO4. The normalized spacial score (nSPS) is 11.9. The van der Waals surface area contributed by atoms with Crippen LogP contribution in [0.3, 0.4) is 0 Å². The standard InChI is InChI=1S/C15H13BrO4/c1-20-15(19)14(16)11-7-10(17)8-12(18)13(11)9-5-3-2-4-6-9/h2-8,14,17-18H,1H3. The molecule has 0 spiro atoms. The Balaban J connectivity index is 2.64. The number of ether oxygens (including phenoxy) is 1. The van der Waals surface area contributed by atoms with Crippen molar-refractivity contribution in [1.29, 1.82) is 0 Å². The van der Waals surface area contributed by atoms with E-state index in [1.54, 1.807) is 0 Å². The minimum atomic E-state index is -0.777. The van der Waals surface area contributed by atoms with Crippen molar-refractivity contribution in [1.82, 2.24) is 0 Å². The minimum absolute atomic E-state index is 0.0976. The molecule has 0 heterocycles. The molecule has 0 aromatic heterocycles. The molecule has 4 nitrogen and oxygen atoms in total. The summed E-state index contributed by atoms with van der Waals surface area (Å²) in [6.07, 6.45) is 0. The van der Waals surface area contributed by atoms with Crippen molar-refractivity contribution in [2.75, 3.05) is 7.11 Å². The zero-order valence-corrected chi connectivity index (χ0v) is 12.3. The molecule has 2 aromatic carbocycles. The van der Waals surface area contributed by atoms with Gasteiger partial charge in [0.1, 0.15) is 16.3 Å². The Labute approximate surface area is 124 Å². The maximum Gasteiger partial charge on any atom is 0.324 e. The SMILES string of the molecule is COC(=O)C(Br)c1cc(O)cc(O)c1-c1ccccc1. The zero-order valence-electron chi connectivity index (χ0n) is 10.7. The van der Waals surface area contributed by atoms with E-state index in [-0.39, 0.29) is 11.5 Å². The number of hydrogen-bond acceptors (Lipinski definition) is 4. The van der Waals surface area contributed by atoms with Gasteiger partial charge >= 0.3 is 5.97 Å². The van der Waals surface area contributed by atoms with Gasteiger partial charge in [0.15, 0.2) is 0 Å². The summed E-state index contributed by atoms with van der Waals surface area (Å²) in [5.74, 6) is -0.725. The summed E-state index contributed by atoms with van der Waals surface area (Å²) >= 11 is 3.23. The lowest BCUT2D eigenvalue weighted by atomic mass is 9.96. The van der Waals surface area contributed by atoms with Crippen LogP contribution in [0.25, 0.3) is 11.1 Å². The van der Waals surface area contributed by atoms with Crippen molar-refractivity contribution >= 4 is 21.9 Å². The van der Waals surface area contributed by atoms with Gasteiger partial charge in [0.25, 0.3) is 0 Å². The molecule has 0 saturated carbocycles. The molecule has 0 aliphatic carbocycles. The van der Waals surface area contributed by atoms with Crippen molar-refractivity contribution in [2.24, 2.45) is 0 Å². The van der Waals surface area contributed by atoms with Crippen LogP contribution in [0.1, 0.15) is 10.4 Å². The fourth-order valence-electron chi connectivity index (χ4n) is 1.98. The molecular weight excluding hydrogens is 324 g/mol. The van der Waals surface area contributed by atoms with Gasteiger partial charge in [0, 0.05) is 11.6 Å². The van der Waals surface area contributed by atoms with Gasteiger partial charge in [-0.25, -0.2) is 0 Å². The van der Waals surface area contributed by atoms with Crippen LogP contribution in [0.2, 0.25) is 0 Å². The molecule has 2 rings (SSSR count). The third-order valence-corrected chi connectivity index (χ3v) is 3.74. The molecule has 0 amide bonds. The lowest BCUT2D eigenvalue weighted by Crippen LogP contribution is -2.09. The first-order valence-corrected chi connectivity index (χ1v) is 6.79. The Morgan fingerprint density at radius 2 is 1.85 bits per heavy atom. The maximum atomic E-state index is 11.7. The largest absolute Gasteiger partial charge is 0.508 e. The molecule has 2 N–H and O–H groups in total. The molecule has 1 atom stereocenters. The van der Waals surface area contributed by atoms with Gasteiger partial charge in [-0.3, -0.25) is 4.79 Å². The van der Waals surface area contributed by atoms with Crippen molar-refractivity contribution in [3.05, 3.63) is 48.0 Å². The Bertz CT molecular complexity index is 625. The van der Waals surface area contributed by atoms with Gasteiger partial charge < -0.3 is 14.9 Å². The number of rotatable bonds is 3. The van der Waals surface area contributed by atoms with Gasteiger partial charge in [-0.1, -0.05) is 46.3 Å². The molecule has 0 aliphatic heterocycles. The molecule has 2 aromatic rings. The minimum Gasteiger partial charge on any atom is -0.508 e. The maximum absolute atomic E-state index is 11.7. The predicted octanol–water partition coefficient (Wildman–Crippen LogP) is 3.37. The van der Waals surface area contributed by atoms with Crippen molar-refractivity contribution in [2.45, 2.75) is 4.83 Å². The molecule has 0 fully saturated rings. The number of carbonyl (C=O) groups is 1. The van der Waals surface area contributed by atoms with Gasteiger partial charge in [-0.15, -0.1) is 0 Å². The topological polar surface area (TPSA) is 66.8 Å². The van der Waals surface area contributed by atoms with Gasteiger partial charge in [-0.05, 0) is 17.2 Å². The summed E-state index contributed by atoms with van der Waals surface area (Å²) in [6, 6.07) is 11.8. The molecule has 20 heavy (non-hydrogen) atoms. The molecule has 0 bridgehead atoms. The quantitative estimate of drug-likeness (QED) is 0.666. The highest BCUT2D eigenvalue weighted by Crippen LogP contribution is 2.41. The monoisotopic (exact) mass is 336 g/mol. The van der Waals surface area contributed by atoms with Crippen molar-refractivity contribution in [3.63, 3.8) is 0 Å². The van der Waals surface area contributed by atoms with Crippen LogP contribution in [0.15, 0.2) is 42.5 Å². The van der Waals surface area contributed by atoms with Crippen molar-refractivity contribution in [3.8, 4) is 22.6 Å². The van der Waals surface area contributed by atoms with Crippen LogP contribution in [-0.2, 0) is 9.53 Å². The molecule has 0 aliphatic rings. The van der Waals surface area contributed by atoms with Crippen LogP contribution >= 0.6 is 15.9 Å². The zero-order chi connectivity index (χ0) is 14.7. The van der Waals surface area contributed by atoms with Crippen LogP contribution in [-0.4, -0.2) is 23.3 Å². The van der Waals surface area contributed by atoms with E-state index in [0.29, 0.717) is 11.1 Å². The molecule has 5 heteroatoms. The average Bonchev–Trinajstić information content (AvgIpc) is 2.45. The van der Waals surface area contributed by atoms with E-state index in [9.17, 15) is 15.0 Å². The summed E-state index contributed by atoms with van der Waals surface area (Å²) in [4.78, 5) is 10.9. The fourth-order valence-corrected chi connectivity index (χ4v) is 2.53. The third-order valence-electron chi connectivity index (χ3n) is 2.88. The van der Waals surface area contributed by atoms with Crippen LogP contribution in [0.5, 0.6) is 11.5 Å². The number of halogens is 1. The number of aromatic hydroxyl groups is 2. The summed E-state index contributed by atoms with van der Waals surface area (Å²) in [6.45, 7) is 0. The van der Waals surface area contributed by atoms with Gasteiger partial charge in [0.2, 0.25) is 0 Å². The summed E-state index contributed by atoms with van der Waals surface area (Å²) in [7, 11) is 1.28. The summed E-state index contributed by atoms with van der Waals surface area (Å²) in [5.41, 5.74) is 1.67. The predicted molar refractivity (Wildman–Crippen MR) is 78.9 cm³/mol. The summed E-state index contributed by atoms with van der Waals surface area (Å²) < 4.78 is 4.69. The first-order valence-electron chi connectivity index (χ1n) is 5.87. The second kappa shape index (κ2) is 5.96. The van der Waals surface area contributed by atoms with E-state index in [2.05, 4.69) is 20.7 Å². The number of esters is 1. The highest BCUT2D eigenvalue weighted by molar-refractivity contribution is 9.09. The fraction of sp³-hybridized carbons (Fsp3) is 0.133. The second-order valence-corrected chi connectivity index (χ2v) is 5.10. The van der Waals surface area contributed by atoms with Crippen molar-refractivity contribution < 1.29 is 19.7 Å². The number of hydrogen-bond donors (Lipinski definition) is 2. The molecule has 1 unspecified atom stereocenters. The smallest absolute Gasteiger partial charge is 0.324 e. The average molecular weight is 337 g/mol. The lowest BCUT2D eigenvalue weighted by molar-refractivity contribution is -0.139. The van der Waals surface area contributed by atoms with E-state index in [1.807, 2.05) is 30.3 Å². The Morgan fingerprint density at radius 3 is 2.45 bits per heavy atom. The number of alkyl halides is 1. The van der Waals surface area contributed by atoms with Crippen LogP contribution in [0, 0.1) is 0 Å². The van der Waals surface area contributed by atoms with Gasteiger partial charge in [0.05, 0.1) is 7.11 Å². The van der Waals surface area contributed by atoms with E-state index in [4.69, 9.17) is 0 Å². The third kappa shape index (κ3) is 2.77. The van der Waals surface area contributed by atoms with E-state index < -0.39 is 10.8 Å². The number of methoxy groups -OCH3 is 1. The number of phenols is 2. The molecule has 0 radical (unpaired) electrons. The highest BCUT2D eigenvalue weighted by Gasteiger charge is 2.24. The Morgan fingerprint density at radius 1 is 1.20 bits per heavy atom. The van der Waals surface area contributed by atoms with Gasteiger partial charge in [-0.2, -0.15) is 0 Å². The van der Waals surface area contributed by atoms with E-state index in [1.165, 1.54) is 19.2 Å². The van der Waals surface area contributed by atoms with Crippen LogP contribution < -0.4 is 0 Å². The summed E-state index contributed by atoms with van der Waals surface area (Å²) in [5, 5.41) is 19.7. The van der Waals surface area contributed by atoms with Crippen LogP contribution in [0.4, 0.5) is 0 Å². The Hall–Kier alpha value is -2.01.